The van der Waals surface area contributed by atoms with Gasteiger partial charge >= 0.3 is 5.97 Å². The molecule has 0 radical (unpaired) electrons. The van der Waals surface area contributed by atoms with Crippen molar-refractivity contribution in [3.63, 3.8) is 0 Å². The number of hydrogen-bond acceptors (Lipinski definition) is 12. The molecule has 3 heterocycles. The molecule has 1 aromatic heterocycles. The van der Waals surface area contributed by atoms with E-state index in [9.17, 15) is 40.5 Å². The van der Waals surface area contributed by atoms with Crippen molar-refractivity contribution in [3.05, 3.63) is 21.9 Å². The Bertz CT molecular complexity index is 806. The van der Waals surface area contributed by atoms with E-state index in [0.717, 1.165) is 11.3 Å². The second-order valence-electron chi connectivity index (χ2n) is 9.37. The van der Waals surface area contributed by atoms with Crippen LogP contribution in [-0.2, 0) is 19.0 Å². The third-order valence-corrected chi connectivity index (χ3v) is 7.03. The lowest BCUT2D eigenvalue weighted by atomic mass is 9.92. The standard InChI is InChI=1S/C21H32O11S/c1-21(2,3)20(29)32-19-15(27)13(25)9(7-23)31-18(19)11-5-4-10(33-11)17-16(28)14(26)12(24)8(6-22)30-17/h4-5,8-9,12-19,22-28H,6-7H2,1-3H3/t8-,9-,12-,13-,14+,15+,16+,17-,18-,19+/m1/s1. The van der Waals surface area contributed by atoms with Gasteiger partial charge in [-0.25, -0.2) is 0 Å². The quantitative estimate of drug-likeness (QED) is 0.234. The van der Waals surface area contributed by atoms with Crippen molar-refractivity contribution in [1.29, 1.82) is 0 Å². The average molecular weight is 493 g/mol. The monoisotopic (exact) mass is 492 g/mol. The highest BCUT2D eigenvalue weighted by Crippen LogP contribution is 2.42. The van der Waals surface area contributed by atoms with Gasteiger partial charge in [0.05, 0.1) is 18.6 Å². The van der Waals surface area contributed by atoms with Crippen molar-refractivity contribution < 1.29 is 54.8 Å². The lowest BCUT2D eigenvalue weighted by Crippen LogP contribution is -2.57. The van der Waals surface area contributed by atoms with E-state index in [1.165, 1.54) is 0 Å². The summed E-state index contributed by atoms with van der Waals surface area (Å²) in [4.78, 5) is 13.4. The topological polar surface area (TPSA) is 186 Å². The van der Waals surface area contributed by atoms with Crippen molar-refractivity contribution in [3.8, 4) is 0 Å². The number of thiophene rings is 1. The molecule has 2 fully saturated rings. The molecule has 33 heavy (non-hydrogen) atoms. The molecule has 12 heteroatoms. The first kappa shape index (κ1) is 26.4. The molecule has 0 aromatic carbocycles. The zero-order chi connectivity index (χ0) is 24.7. The highest BCUT2D eigenvalue weighted by molar-refractivity contribution is 7.12. The second kappa shape index (κ2) is 10.2. The Morgan fingerprint density at radius 1 is 0.848 bits per heavy atom. The van der Waals surface area contributed by atoms with E-state index in [0.29, 0.717) is 9.75 Å². The summed E-state index contributed by atoms with van der Waals surface area (Å²) in [5.74, 6) is -0.625. The average Bonchev–Trinajstić information content (AvgIpc) is 3.24. The summed E-state index contributed by atoms with van der Waals surface area (Å²) in [5, 5.41) is 70.4. The van der Waals surface area contributed by atoms with E-state index in [-0.39, 0.29) is 0 Å². The van der Waals surface area contributed by atoms with Crippen LogP contribution in [0.5, 0.6) is 0 Å². The highest BCUT2D eigenvalue weighted by atomic mass is 32.1. The molecule has 0 spiro atoms. The molecule has 0 saturated carbocycles. The summed E-state index contributed by atoms with van der Waals surface area (Å²) >= 11 is 1.07. The van der Waals surface area contributed by atoms with Gasteiger partial charge in [-0.15, -0.1) is 11.3 Å². The van der Waals surface area contributed by atoms with Crippen LogP contribution in [0.25, 0.3) is 0 Å². The molecular weight excluding hydrogens is 460 g/mol. The Morgan fingerprint density at radius 3 is 1.85 bits per heavy atom. The minimum Gasteiger partial charge on any atom is -0.456 e. The zero-order valence-corrected chi connectivity index (χ0v) is 19.3. The molecule has 0 amide bonds. The van der Waals surface area contributed by atoms with Gasteiger partial charge in [0.15, 0.2) is 6.10 Å². The molecule has 11 nitrogen and oxygen atoms in total. The predicted octanol–water partition coefficient (Wildman–Crippen LogP) is -1.63. The van der Waals surface area contributed by atoms with Gasteiger partial charge < -0.3 is 50.0 Å². The van der Waals surface area contributed by atoms with E-state index in [4.69, 9.17) is 14.2 Å². The molecule has 0 unspecified atom stereocenters. The molecule has 2 saturated heterocycles. The summed E-state index contributed by atoms with van der Waals surface area (Å²) in [5.41, 5.74) is -0.889. The first-order valence-electron chi connectivity index (χ1n) is 10.6. The van der Waals surface area contributed by atoms with Gasteiger partial charge in [-0.1, -0.05) is 0 Å². The fraction of sp³-hybridized carbons (Fsp3) is 0.762. The van der Waals surface area contributed by atoms with Crippen LogP contribution < -0.4 is 0 Å². The molecule has 10 atom stereocenters. The Hall–Kier alpha value is -1.19. The smallest absolute Gasteiger partial charge is 0.311 e. The Balaban J connectivity index is 1.90. The maximum atomic E-state index is 12.5. The highest BCUT2D eigenvalue weighted by Gasteiger charge is 2.49. The van der Waals surface area contributed by atoms with Gasteiger partial charge in [0, 0.05) is 9.75 Å². The van der Waals surface area contributed by atoms with Crippen LogP contribution in [0, 0.1) is 5.41 Å². The summed E-state index contributed by atoms with van der Waals surface area (Å²) in [6.07, 6.45) is -13.2. The minimum atomic E-state index is -1.55. The van der Waals surface area contributed by atoms with E-state index >= 15 is 0 Å². The molecule has 0 aliphatic carbocycles. The van der Waals surface area contributed by atoms with Gasteiger partial charge in [0.25, 0.3) is 0 Å². The Morgan fingerprint density at radius 2 is 1.33 bits per heavy atom. The van der Waals surface area contributed by atoms with E-state index in [2.05, 4.69) is 0 Å². The first-order valence-corrected chi connectivity index (χ1v) is 11.5. The molecule has 188 valence electrons. The molecule has 0 bridgehead atoms. The normalized spacial score (nSPS) is 39.9. The second-order valence-corrected chi connectivity index (χ2v) is 10.5. The van der Waals surface area contributed by atoms with Gasteiger partial charge in [0.1, 0.15) is 54.9 Å². The van der Waals surface area contributed by atoms with E-state index in [1.807, 2.05) is 0 Å². The van der Waals surface area contributed by atoms with Gasteiger partial charge in [-0.3, -0.25) is 4.79 Å². The fourth-order valence-corrected chi connectivity index (χ4v) is 4.92. The number of rotatable bonds is 5. The van der Waals surface area contributed by atoms with Crippen molar-refractivity contribution in [2.75, 3.05) is 13.2 Å². The number of carbonyl (C=O) groups is 1. The maximum absolute atomic E-state index is 12.5. The molecule has 7 N–H and O–H groups in total. The van der Waals surface area contributed by atoms with Crippen molar-refractivity contribution >= 4 is 17.3 Å². The zero-order valence-electron chi connectivity index (χ0n) is 18.5. The van der Waals surface area contributed by atoms with Gasteiger partial charge in [0.2, 0.25) is 0 Å². The van der Waals surface area contributed by atoms with Crippen molar-refractivity contribution in [2.24, 2.45) is 5.41 Å². The summed E-state index contributed by atoms with van der Waals surface area (Å²) in [6, 6.07) is 3.16. The number of esters is 1. The molecule has 1 aromatic rings. The molecule has 3 rings (SSSR count). The van der Waals surface area contributed by atoms with Crippen LogP contribution in [-0.4, -0.2) is 104 Å². The fourth-order valence-electron chi connectivity index (χ4n) is 3.76. The van der Waals surface area contributed by atoms with Gasteiger partial charge in [-0.2, -0.15) is 0 Å². The summed E-state index contributed by atoms with van der Waals surface area (Å²) in [7, 11) is 0. The van der Waals surface area contributed by atoms with Crippen LogP contribution in [0.1, 0.15) is 42.7 Å². The van der Waals surface area contributed by atoms with Crippen molar-refractivity contribution in [2.45, 2.75) is 81.8 Å². The maximum Gasteiger partial charge on any atom is 0.311 e. The largest absolute Gasteiger partial charge is 0.456 e. The number of aliphatic hydroxyl groups is 7. The molecular formula is C21H32O11S. The van der Waals surface area contributed by atoms with Crippen LogP contribution in [0.15, 0.2) is 12.1 Å². The Kier molecular flexibility index (Phi) is 8.16. The van der Waals surface area contributed by atoms with E-state index in [1.54, 1.807) is 32.9 Å². The lowest BCUT2D eigenvalue weighted by molar-refractivity contribution is -0.243. The van der Waals surface area contributed by atoms with Crippen molar-refractivity contribution in [1.82, 2.24) is 0 Å². The summed E-state index contributed by atoms with van der Waals surface area (Å²) in [6.45, 7) is 3.75. The van der Waals surface area contributed by atoms with Crippen LogP contribution in [0.4, 0.5) is 0 Å². The number of carbonyl (C=O) groups excluding carboxylic acids is 1. The molecule has 2 aliphatic rings. The first-order chi connectivity index (χ1) is 15.4. The SMILES string of the molecule is CC(C)(C)C(=O)O[C@H]1[C@@H](O)[C@H](O)[C@@H](CO)O[C@@H]1c1ccc([C@H]2O[C@H](CO)[C@@H](O)[C@H](O)[C@@H]2O)s1. The third kappa shape index (κ3) is 5.25. The summed E-state index contributed by atoms with van der Waals surface area (Å²) < 4.78 is 16.9. The number of hydrogen-bond donors (Lipinski definition) is 7. The number of aliphatic hydroxyl groups excluding tert-OH is 7. The van der Waals surface area contributed by atoms with Gasteiger partial charge in [-0.05, 0) is 32.9 Å². The van der Waals surface area contributed by atoms with Crippen LogP contribution in [0.2, 0.25) is 0 Å². The Labute approximate surface area is 194 Å². The number of ether oxygens (including phenoxy) is 3. The van der Waals surface area contributed by atoms with Crippen LogP contribution in [0.3, 0.4) is 0 Å². The third-order valence-electron chi connectivity index (χ3n) is 5.82. The van der Waals surface area contributed by atoms with E-state index < -0.39 is 85.6 Å². The van der Waals surface area contributed by atoms with Crippen LogP contribution >= 0.6 is 11.3 Å². The predicted molar refractivity (Wildman–Crippen MR) is 113 cm³/mol. The lowest BCUT2D eigenvalue weighted by Gasteiger charge is -2.42. The minimum absolute atomic E-state index is 0.424. The molecule has 2 aliphatic heterocycles.